The lowest BCUT2D eigenvalue weighted by Crippen LogP contribution is -2.43. The third-order valence-corrected chi connectivity index (χ3v) is 6.15. The van der Waals surface area contributed by atoms with Crippen molar-refractivity contribution in [2.75, 3.05) is 6.61 Å². The summed E-state index contributed by atoms with van der Waals surface area (Å²) in [5.74, 6) is -1.40. The molecule has 1 aromatic heterocycles. The minimum atomic E-state index is -0.727. The number of esters is 1. The van der Waals surface area contributed by atoms with Crippen LogP contribution in [-0.4, -0.2) is 29.3 Å². The van der Waals surface area contributed by atoms with E-state index in [4.69, 9.17) is 4.74 Å². The number of benzene rings is 1. The predicted octanol–water partition coefficient (Wildman–Crippen LogP) is 2.79. The third-order valence-electron chi connectivity index (χ3n) is 4.93. The van der Waals surface area contributed by atoms with Gasteiger partial charge < -0.3 is 4.74 Å². The smallest absolute Gasteiger partial charge is 0.348 e. The van der Waals surface area contributed by atoms with Crippen molar-refractivity contribution in [3.05, 3.63) is 61.3 Å². The number of hydrogen-bond acceptors (Lipinski definition) is 7. The number of non-ortho nitro benzene ring substituents is 1. The van der Waals surface area contributed by atoms with E-state index in [2.05, 4.69) is 17.8 Å². The topological polar surface area (TPSA) is 128 Å². The van der Waals surface area contributed by atoms with E-state index < -0.39 is 29.3 Å². The number of nitro benzene ring substituents is 1. The number of carbonyl (C=O) groups is 3. The third kappa shape index (κ3) is 5.20. The maximum atomic E-state index is 12.2. The summed E-state index contributed by atoms with van der Waals surface area (Å²) >= 11 is 1.40. The molecule has 0 spiro atoms. The summed E-state index contributed by atoms with van der Waals surface area (Å²) in [5, 5.41) is 10.8. The molecule has 1 unspecified atom stereocenters. The summed E-state index contributed by atoms with van der Waals surface area (Å²) in [5.41, 5.74) is 5.19. The number of carbonyl (C=O) groups excluding carboxylic acids is 3. The molecule has 0 aliphatic heterocycles. The van der Waals surface area contributed by atoms with Gasteiger partial charge in [0.05, 0.1) is 4.92 Å². The van der Waals surface area contributed by atoms with Gasteiger partial charge in [0.15, 0.2) is 6.61 Å². The summed E-state index contributed by atoms with van der Waals surface area (Å²) in [6, 6.07) is 6.91. The lowest BCUT2D eigenvalue weighted by atomic mass is 9.87. The highest BCUT2D eigenvalue weighted by atomic mass is 32.1. The quantitative estimate of drug-likeness (QED) is 0.411. The van der Waals surface area contributed by atoms with Crippen molar-refractivity contribution < 1.29 is 24.0 Å². The van der Waals surface area contributed by atoms with Gasteiger partial charge in [0.1, 0.15) is 4.88 Å². The van der Waals surface area contributed by atoms with E-state index in [1.54, 1.807) is 0 Å². The standard InChI is InChI=1S/C20H21N3O6S/c1-2-12-6-7-16-14(8-12)10-17(30-16)20(26)29-11-18(24)21-22-19(25)13-4-3-5-15(9-13)23(27)28/h3-5,9-10,12H,2,6-8,11H2,1H3,(H,21,24)(H,22,25). The molecule has 0 fully saturated rings. The first-order valence-electron chi connectivity index (χ1n) is 9.49. The summed E-state index contributed by atoms with van der Waals surface area (Å²) in [4.78, 5) is 47.9. The summed E-state index contributed by atoms with van der Waals surface area (Å²) in [7, 11) is 0. The molecule has 1 aliphatic carbocycles. The zero-order valence-electron chi connectivity index (χ0n) is 16.3. The van der Waals surface area contributed by atoms with Crippen LogP contribution < -0.4 is 10.9 Å². The normalized spacial score (nSPS) is 15.0. The number of fused-ring (bicyclic) bond motifs is 1. The molecule has 2 amide bonds. The van der Waals surface area contributed by atoms with Crippen LogP contribution in [0.2, 0.25) is 0 Å². The molecule has 1 heterocycles. The molecule has 1 aliphatic rings. The van der Waals surface area contributed by atoms with Gasteiger partial charge >= 0.3 is 5.97 Å². The lowest BCUT2D eigenvalue weighted by Gasteiger charge is -2.19. The molecule has 1 aromatic carbocycles. The van der Waals surface area contributed by atoms with Crippen molar-refractivity contribution in [1.82, 2.24) is 10.9 Å². The van der Waals surface area contributed by atoms with E-state index in [1.165, 1.54) is 40.0 Å². The number of amides is 2. The summed E-state index contributed by atoms with van der Waals surface area (Å²) < 4.78 is 5.03. The molecule has 0 saturated heterocycles. The Hall–Kier alpha value is -3.27. The monoisotopic (exact) mass is 431 g/mol. The van der Waals surface area contributed by atoms with Gasteiger partial charge in [0.25, 0.3) is 17.5 Å². The molecule has 0 radical (unpaired) electrons. The number of nitrogens with one attached hydrogen (secondary N) is 2. The molecule has 158 valence electrons. The van der Waals surface area contributed by atoms with Gasteiger partial charge in [0, 0.05) is 22.6 Å². The Balaban J connectivity index is 1.47. The van der Waals surface area contributed by atoms with Gasteiger partial charge in [-0.2, -0.15) is 0 Å². The van der Waals surface area contributed by atoms with E-state index in [0.717, 1.165) is 31.7 Å². The Morgan fingerprint density at radius 2 is 2.07 bits per heavy atom. The van der Waals surface area contributed by atoms with E-state index >= 15 is 0 Å². The SMILES string of the molecule is CCC1CCc2sc(C(=O)OCC(=O)NNC(=O)c3cccc([N+](=O)[O-])c3)cc2C1. The fourth-order valence-corrected chi connectivity index (χ4v) is 4.35. The highest BCUT2D eigenvalue weighted by Crippen LogP contribution is 2.33. The minimum absolute atomic E-state index is 0.0102. The summed E-state index contributed by atoms with van der Waals surface area (Å²) in [6.07, 6.45) is 4.14. The van der Waals surface area contributed by atoms with Crippen molar-refractivity contribution in [3.63, 3.8) is 0 Å². The van der Waals surface area contributed by atoms with Gasteiger partial charge in [-0.25, -0.2) is 4.79 Å². The molecule has 0 bridgehead atoms. The molecule has 10 heteroatoms. The molecule has 2 aromatic rings. The highest BCUT2D eigenvalue weighted by molar-refractivity contribution is 7.14. The molecule has 2 N–H and O–H groups in total. The molecule has 30 heavy (non-hydrogen) atoms. The van der Waals surface area contributed by atoms with Gasteiger partial charge in [0.2, 0.25) is 0 Å². The zero-order valence-corrected chi connectivity index (χ0v) is 17.1. The first-order chi connectivity index (χ1) is 14.4. The fourth-order valence-electron chi connectivity index (χ4n) is 3.25. The number of nitro groups is 1. The highest BCUT2D eigenvalue weighted by Gasteiger charge is 2.23. The molecule has 3 rings (SSSR count). The average Bonchev–Trinajstić information content (AvgIpc) is 3.19. The molecule has 9 nitrogen and oxygen atoms in total. The molecule has 0 saturated carbocycles. The number of rotatable bonds is 6. The van der Waals surface area contributed by atoms with E-state index in [9.17, 15) is 24.5 Å². The number of ether oxygens (including phenoxy) is 1. The van der Waals surface area contributed by atoms with Gasteiger partial charge in [-0.1, -0.05) is 19.4 Å². The van der Waals surface area contributed by atoms with Crippen LogP contribution in [0.1, 0.15) is 50.2 Å². The fraction of sp³-hybridized carbons (Fsp3) is 0.350. The number of aryl methyl sites for hydroxylation is 1. The Kier molecular flexibility index (Phi) is 6.78. The Morgan fingerprint density at radius 1 is 1.27 bits per heavy atom. The van der Waals surface area contributed by atoms with E-state index in [-0.39, 0.29) is 11.3 Å². The zero-order chi connectivity index (χ0) is 21.7. The molecular formula is C20H21N3O6S. The van der Waals surface area contributed by atoms with Gasteiger partial charge in [-0.05, 0) is 42.9 Å². The second kappa shape index (κ2) is 9.49. The van der Waals surface area contributed by atoms with Crippen LogP contribution in [0, 0.1) is 16.0 Å². The number of hydrazine groups is 1. The van der Waals surface area contributed by atoms with Gasteiger partial charge in [-0.3, -0.25) is 30.6 Å². The summed E-state index contributed by atoms with van der Waals surface area (Å²) in [6.45, 7) is 1.60. The second-order valence-electron chi connectivity index (χ2n) is 6.96. The largest absolute Gasteiger partial charge is 0.451 e. The minimum Gasteiger partial charge on any atom is -0.451 e. The Bertz CT molecular complexity index is 987. The van der Waals surface area contributed by atoms with E-state index in [0.29, 0.717) is 10.8 Å². The lowest BCUT2D eigenvalue weighted by molar-refractivity contribution is -0.384. The van der Waals surface area contributed by atoms with Crippen LogP contribution in [0.25, 0.3) is 0 Å². The first kappa shape index (κ1) is 21.4. The predicted molar refractivity (Wildman–Crippen MR) is 109 cm³/mol. The van der Waals surface area contributed by atoms with Crippen molar-refractivity contribution in [1.29, 1.82) is 0 Å². The van der Waals surface area contributed by atoms with Crippen LogP contribution in [0.5, 0.6) is 0 Å². The average molecular weight is 431 g/mol. The molecule has 1 atom stereocenters. The number of hydrogen-bond donors (Lipinski definition) is 2. The second-order valence-corrected chi connectivity index (χ2v) is 8.10. The van der Waals surface area contributed by atoms with Crippen LogP contribution >= 0.6 is 11.3 Å². The van der Waals surface area contributed by atoms with Crippen LogP contribution in [0.4, 0.5) is 5.69 Å². The first-order valence-corrected chi connectivity index (χ1v) is 10.3. The molecular weight excluding hydrogens is 410 g/mol. The van der Waals surface area contributed by atoms with Crippen molar-refractivity contribution in [2.45, 2.75) is 32.6 Å². The maximum Gasteiger partial charge on any atom is 0.348 e. The van der Waals surface area contributed by atoms with E-state index in [1.807, 2.05) is 6.07 Å². The van der Waals surface area contributed by atoms with Crippen molar-refractivity contribution in [3.8, 4) is 0 Å². The van der Waals surface area contributed by atoms with Crippen molar-refractivity contribution >= 4 is 34.8 Å². The number of nitrogens with zero attached hydrogens (tertiary/aromatic N) is 1. The number of thiophene rings is 1. The van der Waals surface area contributed by atoms with Gasteiger partial charge in [-0.15, -0.1) is 11.3 Å². The Morgan fingerprint density at radius 3 is 2.80 bits per heavy atom. The van der Waals surface area contributed by atoms with Crippen molar-refractivity contribution in [2.24, 2.45) is 5.92 Å². The van der Waals surface area contributed by atoms with Crippen LogP contribution in [-0.2, 0) is 22.4 Å². The van der Waals surface area contributed by atoms with Crippen LogP contribution in [0.3, 0.4) is 0 Å². The maximum absolute atomic E-state index is 12.2. The Labute approximate surface area is 176 Å². The van der Waals surface area contributed by atoms with Crippen LogP contribution in [0.15, 0.2) is 30.3 Å².